The quantitative estimate of drug-likeness (QED) is 0.0186. The standard InChI is InChI=1S/C87H77Cl2F6N21O7S3/c1-3-61(117)114-32-43(33-114)99-79-53-29-52(42-22-28-120-38-42)64(49-16-19-58(90)76-73(49)102-82(96)124-76)67(93)70(53)105-86(108-79)122-40-47-12-9-26-112(47)24-6-4-15-63(119)116-36-45(37-116)101-81-55-31-57(89)66(51-18-21-60(92)78-75(51)104-84(98)126-78)69(95)72(55)107-87(110-81)123-41-48-13-10-27-113(48)25-7-5-14-62(118)115-34-44(35-115)100-80-54-30-56(88)65(50-17-20-59(91)77-74(50)103-83(97)125-77)68(94)71(54)106-85(109-80)121-39-46-11-8-23-111(46)2/h3,16-22,28-31,38,43-48H,1,6-13,23-27,32-37,39-41H2,2H3,(H2,96,102)(H2,97,103)(H2,98,104)(H,99,105,108)(H,100,106,109)(H,101,107,110)/t46-,47-,48?/m0/s1. The van der Waals surface area contributed by atoms with Crippen molar-refractivity contribution in [1.29, 1.82) is 0 Å². The molecule has 6 aliphatic heterocycles. The van der Waals surface area contributed by atoms with Gasteiger partial charge < -0.3 is 71.4 Å². The molecule has 0 bridgehead atoms. The molecule has 0 saturated carbocycles. The zero-order valence-corrected chi connectivity index (χ0v) is 71.2. The van der Waals surface area contributed by atoms with Gasteiger partial charge in [-0.15, -0.1) is 0 Å². The minimum absolute atomic E-state index is 0.00407. The molecule has 6 saturated heterocycles. The number of thiazole rings is 3. The predicted molar refractivity (Wildman–Crippen MR) is 473 cm³/mol. The molecule has 126 heavy (non-hydrogen) atoms. The van der Waals surface area contributed by atoms with Crippen molar-refractivity contribution in [1.82, 2.24) is 74.3 Å². The van der Waals surface area contributed by atoms with Crippen LogP contribution in [0.3, 0.4) is 0 Å². The van der Waals surface area contributed by atoms with Gasteiger partial charge in [0.15, 0.2) is 32.8 Å². The summed E-state index contributed by atoms with van der Waals surface area (Å²) in [6.07, 6.45) is 9.91. The number of nitrogens with one attached hydrogen (secondary N) is 3. The molecule has 0 spiro atoms. The van der Waals surface area contributed by atoms with Gasteiger partial charge in [0.2, 0.25) is 5.91 Å². The van der Waals surface area contributed by atoms with Gasteiger partial charge in [0.25, 0.3) is 11.8 Å². The Hall–Kier alpha value is -12.2. The highest BCUT2D eigenvalue weighted by molar-refractivity contribution is 7.22. The largest absolute Gasteiger partial charge is 0.472 e. The highest BCUT2D eigenvalue weighted by atomic mass is 35.5. The molecule has 0 aliphatic carbocycles. The van der Waals surface area contributed by atoms with Crippen LogP contribution in [0.4, 0.5) is 59.2 Å². The molecule has 13 heterocycles. The number of nitrogens with two attached hydrogens (primary N) is 3. The molecule has 6 fully saturated rings. The van der Waals surface area contributed by atoms with Crippen LogP contribution in [0.15, 0.2) is 90.3 Å². The molecule has 19 rings (SSSR count). The van der Waals surface area contributed by atoms with E-state index >= 15 is 22.0 Å². The molecule has 6 aliphatic rings. The van der Waals surface area contributed by atoms with Crippen LogP contribution >= 0.6 is 57.2 Å². The molecular weight excluding hydrogens is 1730 g/mol. The predicted octanol–water partition coefficient (Wildman–Crippen LogP) is 13.9. The van der Waals surface area contributed by atoms with Crippen molar-refractivity contribution in [3.05, 3.63) is 131 Å². The second kappa shape index (κ2) is 34.6. The van der Waals surface area contributed by atoms with E-state index in [0.29, 0.717) is 68.6 Å². The van der Waals surface area contributed by atoms with E-state index in [1.165, 1.54) is 61.1 Å². The van der Waals surface area contributed by atoms with Gasteiger partial charge >= 0.3 is 18.0 Å². The number of aromatic nitrogens is 9. The SMILES string of the molecule is C=CC(=O)N1CC(Nc2nc(OC[C@@H]3CCCN3CCC#CC(=O)N3CC(Nc4nc(OCC5CCCN5CCC#CC(=O)N5CC(Nc6nc(OC[C@@H]7CCCN7C)nc7c(F)c(-c8ccc(F)c9sc(N)nc89)c(Cl)cc67)C5)nc5c(F)c(-c6ccc(F)c7sc(N)nc67)c(Cl)cc45)C3)nc3c(F)c(-c4ccc(F)c5sc(N)nc45)c(-c4ccoc4)cc23)C1. The number of carbonyl (C=O) groups is 3. The van der Waals surface area contributed by atoms with Gasteiger partial charge in [0, 0.05) is 138 Å². The summed E-state index contributed by atoms with van der Waals surface area (Å²) in [5.74, 6) is 7.28. The van der Waals surface area contributed by atoms with Gasteiger partial charge in [-0.3, -0.25) is 24.2 Å². The van der Waals surface area contributed by atoms with Crippen molar-refractivity contribution in [2.75, 3.05) is 132 Å². The van der Waals surface area contributed by atoms with Crippen LogP contribution in [-0.4, -0.2) is 227 Å². The smallest absolute Gasteiger partial charge is 0.319 e. The number of likely N-dealkylation sites (tertiary alicyclic amines) is 6. The Morgan fingerprint density at radius 1 is 0.508 bits per heavy atom. The summed E-state index contributed by atoms with van der Waals surface area (Å²) in [6.45, 7) is 9.00. The van der Waals surface area contributed by atoms with Crippen molar-refractivity contribution in [3.8, 4) is 86.2 Å². The highest BCUT2D eigenvalue weighted by Gasteiger charge is 2.38. The zero-order chi connectivity index (χ0) is 87.0. The van der Waals surface area contributed by atoms with E-state index in [-0.39, 0.29) is 246 Å². The molecule has 646 valence electrons. The van der Waals surface area contributed by atoms with Crippen LogP contribution in [-0.2, 0) is 14.4 Å². The monoisotopic (exact) mass is 1810 g/mol. The van der Waals surface area contributed by atoms with Crippen molar-refractivity contribution in [2.45, 2.75) is 87.6 Å². The molecule has 7 aromatic heterocycles. The van der Waals surface area contributed by atoms with Crippen LogP contribution in [0, 0.1) is 58.6 Å². The minimum atomic E-state index is -0.849. The fourth-order valence-electron chi connectivity index (χ4n) is 17.3. The lowest BCUT2D eigenvalue weighted by Gasteiger charge is -2.39. The third-order valence-electron chi connectivity index (χ3n) is 23.9. The van der Waals surface area contributed by atoms with E-state index in [2.05, 4.69) is 90.8 Å². The second-order valence-electron chi connectivity index (χ2n) is 31.8. The Kier molecular flexibility index (Phi) is 22.9. The van der Waals surface area contributed by atoms with Crippen molar-refractivity contribution < 1.29 is 59.4 Å². The number of benzene rings is 6. The molecule has 9 N–H and O–H groups in total. The van der Waals surface area contributed by atoms with Gasteiger partial charge in [-0.1, -0.05) is 75.6 Å². The summed E-state index contributed by atoms with van der Waals surface area (Å²) in [5, 5.41) is 11.2. The van der Waals surface area contributed by atoms with Crippen molar-refractivity contribution in [3.63, 3.8) is 0 Å². The highest BCUT2D eigenvalue weighted by Crippen LogP contribution is 2.48. The number of halogens is 8. The number of anilines is 6. The van der Waals surface area contributed by atoms with Crippen LogP contribution in [0.5, 0.6) is 18.0 Å². The van der Waals surface area contributed by atoms with Gasteiger partial charge in [-0.2, -0.15) is 29.9 Å². The summed E-state index contributed by atoms with van der Waals surface area (Å²) in [7, 11) is 2.01. The Morgan fingerprint density at radius 2 is 0.897 bits per heavy atom. The minimum Gasteiger partial charge on any atom is -0.472 e. The molecule has 39 heteroatoms. The van der Waals surface area contributed by atoms with Gasteiger partial charge in [0.1, 0.15) is 71.3 Å². The number of carbonyl (C=O) groups excluding carboxylic acids is 3. The molecule has 0 radical (unpaired) electrons. The maximum atomic E-state index is 17.8. The molecule has 3 amide bonds. The first-order chi connectivity index (χ1) is 61.0. The molecular formula is C87H77Cl2F6N21O7S3. The van der Waals surface area contributed by atoms with E-state index < -0.39 is 40.8 Å². The molecule has 3 atom stereocenters. The fraction of sp³-hybridized carbons (Fsp3) is 0.333. The molecule has 6 aromatic carbocycles. The first-order valence-corrected chi connectivity index (χ1v) is 44.1. The fourth-order valence-corrected chi connectivity index (χ4v) is 20.2. The third-order valence-corrected chi connectivity index (χ3v) is 27.1. The summed E-state index contributed by atoms with van der Waals surface area (Å²) in [6, 6.07) is 12.9. The maximum absolute atomic E-state index is 17.8. The number of amides is 3. The number of furan rings is 1. The Morgan fingerprint density at radius 3 is 1.30 bits per heavy atom. The van der Waals surface area contributed by atoms with Crippen LogP contribution in [0.2, 0.25) is 10.0 Å². The Bertz CT molecular complexity index is 6730. The Labute approximate surface area is 736 Å². The van der Waals surface area contributed by atoms with E-state index in [1.807, 2.05) is 7.05 Å². The zero-order valence-electron chi connectivity index (χ0n) is 67.3. The van der Waals surface area contributed by atoms with Crippen molar-refractivity contribution >= 4 is 171 Å². The first-order valence-electron chi connectivity index (χ1n) is 40.9. The van der Waals surface area contributed by atoms with E-state index in [4.69, 9.17) is 74.0 Å². The number of rotatable bonds is 24. The summed E-state index contributed by atoms with van der Waals surface area (Å²) < 4.78 is 123. The van der Waals surface area contributed by atoms with Gasteiger partial charge in [0.05, 0.1) is 71.3 Å². The summed E-state index contributed by atoms with van der Waals surface area (Å²) in [5.41, 5.74) is 19.9. The van der Waals surface area contributed by atoms with Gasteiger partial charge in [-0.25, -0.2) is 41.3 Å². The number of hydrogen-bond donors (Lipinski definition) is 6. The normalized spacial score (nSPS) is 17.7. The topological polar surface area (TPSA) is 342 Å². The average Bonchev–Trinajstić information content (AvgIpc) is 1.31. The van der Waals surface area contributed by atoms with E-state index in [9.17, 15) is 18.8 Å². The number of fused-ring (bicyclic) bond motifs is 6. The van der Waals surface area contributed by atoms with Gasteiger partial charge in [-0.05, 0) is 149 Å². The lowest BCUT2D eigenvalue weighted by atomic mass is 9.92. The number of hydrogen-bond acceptors (Lipinski definition) is 28. The lowest BCUT2D eigenvalue weighted by molar-refractivity contribution is -0.130. The van der Waals surface area contributed by atoms with E-state index in [1.54, 1.807) is 32.9 Å². The third kappa shape index (κ3) is 16.2. The number of nitrogens with zero attached hydrogens (tertiary/aromatic N) is 15. The number of ether oxygens (including phenoxy) is 3. The second-order valence-corrected chi connectivity index (χ2v) is 35.7. The first kappa shape index (κ1) is 83.4. The molecule has 1 unspecified atom stereocenters. The van der Waals surface area contributed by atoms with Crippen LogP contribution in [0.1, 0.15) is 51.4 Å². The summed E-state index contributed by atoms with van der Waals surface area (Å²) >= 11 is 16.7. The van der Waals surface area contributed by atoms with E-state index in [0.717, 1.165) is 79.1 Å². The number of nitrogen functional groups attached to an aromatic ring is 3. The average molecular weight is 1810 g/mol. The van der Waals surface area contributed by atoms with Crippen LogP contribution in [0.25, 0.3) is 108 Å². The maximum Gasteiger partial charge on any atom is 0.319 e. The molecule has 13 aromatic rings. The number of likely N-dealkylation sites (N-methyl/N-ethyl adjacent to an activating group) is 1. The Balaban J connectivity index is 0.497. The summed E-state index contributed by atoms with van der Waals surface area (Å²) in [4.78, 5) is 92.4. The van der Waals surface area contributed by atoms with Crippen molar-refractivity contribution in [2.24, 2.45) is 0 Å². The lowest BCUT2D eigenvalue weighted by Crippen LogP contribution is -2.56. The van der Waals surface area contributed by atoms with Crippen LogP contribution < -0.4 is 47.4 Å². The molecule has 28 nitrogen and oxygen atoms in total.